The van der Waals surface area contributed by atoms with Gasteiger partial charge in [0.15, 0.2) is 23.8 Å². The number of ether oxygens (including phenoxy) is 3. The number of nitrogens with zero attached hydrogens (tertiary/aromatic N) is 1. The molecule has 1 aliphatic rings. The first-order valence-corrected chi connectivity index (χ1v) is 8.16. The van der Waals surface area contributed by atoms with Crippen LogP contribution in [0.4, 0.5) is 0 Å². The van der Waals surface area contributed by atoms with E-state index in [1.54, 1.807) is 42.5 Å². The van der Waals surface area contributed by atoms with Gasteiger partial charge in [0.05, 0.1) is 17.7 Å². The third-order valence-corrected chi connectivity index (χ3v) is 3.90. The molecule has 0 aliphatic carbocycles. The Morgan fingerprint density at radius 1 is 1.26 bits per heavy atom. The van der Waals surface area contributed by atoms with E-state index in [1.165, 1.54) is 13.2 Å². The van der Waals surface area contributed by atoms with E-state index in [9.17, 15) is 9.59 Å². The molecule has 0 radical (unpaired) electrons. The van der Waals surface area contributed by atoms with Gasteiger partial charge < -0.3 is 19.3 Å². The van der Waals surface area contributed by atoms with Gasteiger partial charge in [-0.25, -0.2) is 14.6 Å². The number of carboxylic acid groups (broad SMARTS) is 1. The molecule has 7 nitrogen and oxygen atoms in total. The molecule has 1 N–H and O–H groups in total. The van der Waals surface area contributed by atoms with E-state index in [2.05, 4.69) is 4.99 Å². The van der Waals surface area contributed by atoms with Crippen molar-refractivity contribution in [1.82, 2.24) is 0 Å². The van der Waals surface area contributed by atoms with Crippen molar-refractivity contribution in [3.63, 3.8) is 0 Å². The van der Waals surface area contributed by atoms with Gasteiger partial charge in [-0.3, -0.25) is 0 Å². The number of carbonyl (C=O) groups excluding carboxylic acids is 1. The van der Waals surface area contributed by atoms with E-state index in [1.807, 2.05) is 0 Å². The number of carbonyl (C=O) groups is 2. The highest BCUT2D eigenvalue weighted by molar-refractivity contribution is 6.34. The summed E-state index contributed by atoms with van der Waals surface area (Å²) in [4.78, 5) is 26.9. The number of halogens is 1. The molecular weight excluding hydrogens is 374 g/mol. The Balaban J connectivity index is 1.88. The van der Waals surface area contributed by atoms with Gasteiger partial charge in [0.25, 0.3) is 0 Å². The van der Waals surface area contributed by atoms with Gasteiger partial charge >= 0.3 is 11.9 Å². The summed E-state index contributed by atoms with van der Waals surface area (Å²) in [7, 11) is 1.43. The first-order chi connectivity index (χ1) is 13.0. The Morgan fingerprint density at radius 2 is 2.04 bits per heavy atom. The average Bonchev–Trinajstić information content (AvgIpc) is 3.01. The molecule has 8 heteroatoms. The summed E-state index contributed by atoms with van der Waals surface area (Å²) in [5.41, 5.74) is 1.22. The Kier molecular flexibility index (Phi) is 5.42. The summed E-state index contributed by atoms with van der Waals surface area (Å²) in [5.74, 6) is -0.970. The van der Waals surface area contributed by atoms with Crippen molar-refractivity contribution in [2.45, 2.75) is 0 Å². The van der Waals surface area contributed by atoms with Crippen LogP contribution in [0.1, 0.15) is 11.1 Å². The second-order valence-corrected chi connectivity index (χ2v) is 5.82. The van der Waals surface area contributed by atoms with Gasteiger partial charge in [-0.2, -0.15) is 0 Å². The fourth-order valence-electron chi connectivity index (χ4n) is 2.35. The molecule has 0 unspecified atom stereocenters. The lowest BCUT2D eigenvalue weighted by Gasteiger charge is -2.09. The molecule has 27 heavy (non-hydrogen) atoms. The second-order valence-electron chi connectivity index (χ2n) is 5.41. The molecule has 0 saturated carbocycles. The summed E-state index contributed by atoms with van der Waals surface area (Å²) in [6, 6.07) is 11.7. The quantitative estimate of drug-likeness (QED) is 0.604. The second kappa shape index (κ2) is 7.92. The number of benzene rings is 2. The summed E-state index contributed by atoms with van der Waals surface area (Å²) >= 11 is 6.11. The molecule has 0 amide bonds. The predicted molar refractivity (Wildman–Crippen MR) is 98.2 cm³/mol. The number of esters is 1. The normalized spacial score (nSPS) is 14.7. The third-order valence-electron chi connectivity index (χ3n) is 3.57. The molecule has 138 valence electrons. The molecule has 2 aromatic rings. The maximum absolute atomic E-state index is 12.1. The van der Waals surface area contributed by atoms with Crippen LogP contribution in [0.15, 0.2) is 53.2 Å². The molecule has 0 saturated heterocycles. The minimum Gasteiger partial charge on any atom is -0.493 e. The summed E-state index contributed by atoms with van der Waals surface area (Å²) < 4.78 is 15.5. The standard InChI is InChI=1S/C19H14ClNO6/c1-25-16-9-11(6-7-15(16)26-10-17(22)23)8-14-19(24)27-18(21-14)12-4-2-3-5-13(12)20/h2-9H,10H2,1H3,(H,22,23)/b14-8-. The van der Waals surface area contributed by atoms with Crippen molar-refractivity contribution in [1.29, 1.82) is 0 Å². The number of aliphatic carboxylic acids is 1. The first-order valence-electron chi connectivity index (χ1n) is 7.78. The number of hydrogen-bond donors (Lipinski definition) is 1. The largest absolute Gasteiger partial charge is 0.493 e. The van der Waals surface area contributed by atoms with Crippen LogP contribution in [0.5, 0.6) is 11.5 Å². The number of rotatable bonds is 6. The Labute approximate surface area is 159 Å². The molecule has 0 bridgehead atoms. The van der Waals surface area contributed by atoms with Crippen molar-refractivity contribution in [3.05, 3.63) is 64.3 Å². The van der Waals surface area contributed by atoms with Crippen molar-refractivity contribution in [3.8, 4) is 11.5 Å². The van der Waals surface area contributed by atoms with Crippen LogP contribution in [0.3, 0.4) is 0 Å². The van der Waals surface area contributed by atoms with E-state index in [-0.39, 0.29) is 17.3 Å². The zero-order valence-corrected chi connectivity index (χ0v) is 14.9. The van der Waals surface area contributed by atoms with Crippen molar-refractivity contribution in [2.75, 3.05) is 13.7 Å². The fraction of sp³-hybridized carbons (Fsp3) is 0.105. The summed E-state index contributed by atoms with van der Waals surface area (Å²) in [6.07, 6.45) is 1.52. The zero-order valence-electron chi connectivity index (χ0n) is 14.1. The monoisotopic (exact) mass is 387 g/mol. The van der Waals surface area contributed by atoms with E-state index in [4.69, 9.17) is 30.9 Å². The van der Waals surface area contributed by atoms with Gasteiger partial charge in [0.2, 0.25) is 5.90 Å². The number of hydrogen-bond acceptors (Lipinski definition) is 6. The molecule has 0 atom stereocenters. The van der Waals surface area contributed by atoms with Crippen molar-refractivity contribution < 1.29 is 28.9 Å². The summed E-state index contributed by atoms with van der Waals surface area (Å²) in [5, 5.41) is 9.12. The van der Waals surface area contributed by atoms with E-state index in [0.29, 0.717) is 21.9 Å². The average molecular weight is 388 g/mol. The third kappa shape index (κ3) is 4.27. The number of aliphatic imine (C=N–C) groups is 1. The Hall–Kier alpha value is -3.32. The topological polar surface area (TPSA) is 94.4 Å². The van der Waals surface area contributed by atoms with Crippen molar-refractivity contribution in [2.24, 2.45) is 4.99 Å². The van der Waals surface area contributed by atoms with Crippen LogP contribution < -0.4 is 9.47 Å². The fourth-order valence-corrected chi connectivity index (χ4v) is 2.57. The summed E-state index contributed by atoms with van der Waals surface area (Å²) in [6.45, 7) is -0.491. The molecule has 3 rings (SSSR count). The highest BCUT2D eigenvalue weighted by Crippen LogP contribution is 2.30. The van der Waals surface area contributed by atoms with Crippen LogP contribution >= 0.6 is 11.6 Å². The SMILES string of the molecule is COc1cc(/C=C2\N=C(c3ccccc3Cl)OC2=O)ccc1OCC(=O)O. The van der Waals surface area contributed by atoms with Crippen LogP contribution in [0.2, 0.25) is 5.02 Å². The van der Waals surface area contributed by atoms with Gasteiger partial charge in [0, 0.05) is 0 Å². The molecule has 0 spiro atoms. The minimum atomic E-state index is -1.10. The molecule has 0 fully saturated rings. The van der Waals surface area contributed by atoms with E-state index < -0.39 is 18.5 Å². The lowest BCUT2D eigenvalue weighted by molar-refractivity contribution is -0.139. The molecular formula is C19H14ClNO6. The van der Waals surface area contributed by atoms with Gasteiger partial charge in [-0.15, -0.1) is 0 Å². The smallest absolute Gasteiger partial charge is 0.363 e. The first kappa shape index (κ1) is 18.5. The Morgan fingerprint density at radius 3 is 2.74 bits per heavy atom. The number of methoxy groups -OCH3 is 1. The van der Waals surface area contributed by atoms with Gasteiger partial charge in [-0.05, 0) is 35.9 Å². The van der Waals surface area contributed by atoms with Crippen LogP contribution in [0.25, 0.3) is 6.08 Å². The minimum absolute atomic E-state index is 0.103. The number of carboxylic acids is 1. The van der Waals surface area contributed by atoms with Crippen LogP contribution in [-0.4, -0.2) is 36.7 Å². The zero-order chi connectivity index (χ0) is 19.4. The highest BCUT2D eigenvalue weighted by atomic mass is 35.5. The molecule has 1 heterocycles. The van der Waals surface area contributed by atoms with Crippen LogP contribution in [0, 0.1) is 0 Å². The lowest BCUT2D eigenvalue weighted by Crippen LogP contribution is -2.10. The predicted octanol–water partition coefficient (Wildman–Crippen LogP) is 3.16. The maximum atomic E-state index is 12.1. The van der Waals surface area contributed by atoms with E-state index >= 15 is 0 Å². The molecule has 0 aromatic heterocycles. The molecule has 2 aromatic carbocycles. The number of cyclic esters (lactones) is 1. The van der Waals surface area contributed by atoms with Crippen LogP contribution in [-0.2, 0) is 14.3 Å². The highest BCUT2D eigenvalue weighted by Gasteiger charge is 2.25. The lowest BCUT2D eigenvalue weighted by atomic mass is 10.1. The maximum Gasteiger partial charge on any atom is 0.363 e. The van der Waals surface area contributed by atoms with Crippen molar-refractivity contribution >= 4 is 35.5 Å². The Bertz CT molecular complexity index is 966. The van der Waals surface area contributed by atoms with Gasteiger partial charge in [-0.1, -0.05) is 29.8 Å². The van der Waals surface area contributed by atoms with E-state index in [0.717, 1.165) is 0 Å². The molecule has 1 aliphatic heterocycles. The van der Waals surface area contributed by atoms with Gasteiger partial charge in [0.1, 0.15) is 0 Å².